The Balaban J connectivity index is 0.00000400. The molecule has 1 spiro atoms. The third kappa shape index (κ3) is 7.05. The van der Waals surface area contributed by atoms with Crippen LogP contribution in [0.25, 0.3) is 0 Å². The third-order valence-electron chi connectivity index (χ3n) is 9.76. The van der Waals surface area contributed by atoms with E-state index in [1.165, 1.54) is 11.8 Å². The SMILES string of the molecule is CS(=O)(=O)c1ccc(CN2CCC3(CCN(C[C@H]4CN(C(=O)c5c(Cl)cccc5Cl)C[C@@H]4c4ccccc4)CC3)C2=O)cc1.Cl. The highest BCUT2D eigenvalue weighted by molar-refractivity contribution is 7.90. The van der Waals surface area contributed by atoms with Crippen molar-refractivity contribution in [2.45, 2.75) is 36.6 Å². The fraction of sp³-hybridized carbons (Fsp3) is 0.412. The van der Waals surface area contributed by atoms with E-state index in [0.29, 0.717) is 41.8 Å². The van der Waals surface area contributed by atoms with Crippen LogP contribution in [0.4, 0.5) is 0 Å². The standard InChI is InChI=1S/C34H37Cl2N3O4S.ClH/c1-44(42,43)27-12-10-24(11-13-27)20-38-19-16-34(33(38)41)14-17-37(18-15-34)21-26-22-39(23-28(26)25-6-3-2-4-7-25)32(40)31-29(35)8-5-9-30(31)36;/h2-13,26,28H,14-23H2,1H3;1H/t26-,28+;/m0./s1. The molecule has 0 radical (unpaired) electrons. The number of carbonyl (C=O) groups excluding carboxylic acids is 2. The first-order valence-electron chi connectivity index (χ1n) is 15.1. The molecule has 2 atom stereocenters. The van der Waals surface area contributed by atoms with Gasteiger partial charge in [0.2, 0.25) is 5.91 Å². The molecule has 3 heterocycles. The minimum Gasteiger partial charge on any atom is -0.338 e. The Morgan fingerprint density at radius 1 is 0.867 bits per heavy atom. The van der Waals surface area contributed by atoms with Crippen LogP contribution >= 0.6 is 35.6 Å². The first-order valence-corrected chi connectivity index (χ1v) is 17.8. The number of piperidine rings is 1. The van der Waals surface area contributed by atoms with Crippen LogP contribution in [-0.4, -0.2) is 80.5 Å². The van der Waals surface area contributed by atoms with Crippen LogP contribution in [0.2, 0.25) is 10.0 Å². The van der Waals surface area contributed by atoms with Crippen molar-refractivity contribution in [3.63, 3.8) is 0 Å². The normalized spacial score (nSPS) is 21.7. The fourth-order valence-electron chi connectivity index (χ4n) is 7.23. The number of hydrogen-bond donors (Lipinski definition) is 0. The summed E-state index contributed by atoms with van der Waals surface area (Å²) in [5, 5.41) is 0.731. The lowest BCUT2D eigenvalue weighted by atomic mass is 9.76. The smallest absolute Gasteiger partial charge is 0.256 e. The van der Waals surface area contributed by atoms with Crippen LogP contribution in [0.1, 0.15) is 46.7 Å². The Labute approximate surface area is 281 Å². The van der Waals surface area contributed by atoms with Crippen molar-refractivity contribution in [2.75, 3.05) is 45.5 Å². The van der Waals surface area contributed by atoms with E-state index >= 15 is 0 Å². The summed E-state index contributed by atoms with van der Waals surface area (Å²) in [7, 11) is -3.25. The van der Waals surface area contributed by atoms with Gasteiger partial charge in [-0.15, -0.1) is 12.4 Å². The molecular weight excluding hydrogens is 653 g/mol. The first-order chi connectivity index (χ1) is 21.0. The monoisotopic (exact) mass is 689 g/mol. The van der Waals surface area contributed by atoms with Gasteiger partial charge in [-0.2, -0.15) is 0 Å². The second-order valence-corrected chi connectivity index (χ2v) is 15.4. The number of amides is 2. The summed E-state index contributed by atoms with van der Waals surface area (Å²) in [6.07, 6.45) is 3.67. The molecular formula is C34H38Cl3N3O4S. The number of carbonyl (C=O) groups is 2. The highest BCUT2D eigenvalue weighted by Gasteiger charge is 2.48. The molecule has 0 saturated carbocycles. The second kappa shape index (κ2) is 13.6. The van der Waals surface area contributed by atoms with Gasteiger partial charge < -0.3 is 14.7 Å². The minimum atomic E-state index is -3.25. The minimum absolute atomic E-state index is 0. The van der Waals surface area contributed by atoms with Gasteiger partial charge in [-0.3, -0.25) is 9.59 Å². The number of nitrogens with zero attached hydrogens (tertiary/aromatic N) is 3. The fourth-order valence-corrected chi connectivity index (χ4v) is 8.42. The van der Waals surface area contributed by atoms with Crippen molar-refractivity contribution in [2.24, 2.45) is 11.3 Å². The van der Waals surface area contributed by atoms with E-state index in [-0.39, 0.29) is 46.4 Å². The largest absolute Gasteiger partial charge is 0.338 e. The van der Waals surface area contributed by atoms with Gasteiger partial charge in [-0.05, 0) is 73.7 Å². The maximum absolute atomic E-state index is 13.7. The molecule has 0 aromatic heterocycles. The Hall–Kier alpha value is -2.62. The lowest BCUT2D eigenvalue weighted by molar-refractivity contribution is -0.139. The molecule has 11 heteroatoms. The number of benzene rings is 3. The summed E-state index contributed by atoms with van der Waals surface area (Å²) in [5.74, 6) is 0.502. The van der Waals surface area contributed by atoms with Gasteiger partial charge >= 0.3 is 0 Å². The molecule has 45 heavy (non-hydrogen) atoms. The molecule has 3 aliphatic rings. The zero-order valence-electron chi connectivity index (χ0n) is 25.2. The number of hydrogen-bond acceptors (Lipinski definition) is 5. The maximum Gasteiger partial charge on any atom is 0.256 e. The second-order valence-electron chi connectivity index (χ2n) is 12.6. The van der Waals surface area contributed by atoms with Crippen LogP contribution in [0, 0.1) is 11.3 Å². The maximum atomic E-state index is 13.7. The predicted molar refractivity (Wildman–Crippen MR) is 180 cm³/mol. The Morgan fingerprint density at radius 2 is 1.49 bits per heavy atom. The summed E-state index contributed by atoms with van der Waals surface area (Å²) >= 11 is 12.8. The van der Waals surface area contributed by atoms with Crippen LogP contribution in [0.5, 0.6) is 0 Å². The molecule has 2 amide bonds. The zero-order chi connectivity index (χ0) is 31.1. The van der Waals surface area contributed by atoms with Crippen molar-refractivity contribution in [1.82, 2.24) is 14.7 Å². The van der Waals surface area contributed by atoms with Crippen molar-refractivity contribution in [3.05, 3.63) is 99.5 Å². The number of rotatable bonds is 7. The predicted octanol–water partition coefficient (Wildman–Crippen LogP) is 6.19. The van der Waals surface area contributed by atoms with E-state index in [9.17, 15) is 18.0 Å². The summed E-state index contributed by atoms with van der Waals surface area (Å²) in [6, 6.07) is 22.4. The van der Waals surface area contributed by atoms with Gasteiger partial charge in [0, 0.05) is 44.9 Å². The average molecular weight is 691 g/mol. The van der Waals surface area contributed by atoms with Crippen molar-refractivity contribution < 1.29 is 18.0 Å². The molecule has 3 aliphatic heterocycles. The molecule has 3 aromatic rings. The van der Waals surface area contributed by atoms with Crippen molar-refractivity contribution in [3.8, 4) is 0 Å². The molecule has 6 rings (SSSR count). The quantitative estimate of drug-likeness (QED) is 0.296. The van der Waals surface area contributed by atoms with E-state index in [1.807, 2.05) is 28.0 Å². The molecule has 240 valence electrons. The van der Waals surface area contributed by atoms with Gasteiger partial charge in [-0.25, -0.2) is 8.42 Å². The Bertz CT molecular complexity index is 1620. The molecule has 3 saturated heterocycles. The summed E-state index contributed by atoms with van der Waals surface area (Å²) in [5.41, 5.74) is 2.18. The van der Waals surface area contributed by atoms with Crippen LogP contribution in [-0.2, 0) is 21.2 Å². The van der Waals surface area contributed by atoms with Gasteiger partial charge in [0.25, 0.3) is 5.91 Å². The van der Waals surface area contributed by atoms with Gasteiger partial charge in [0.15, 0.2) is 9.84 Å². The molecule has 0 aliphatic carbocycles. The topological polar surface area (TPSA) is 78.0 Å². The van der Waals surface area contributed by atoms with E-state index < -0.39 is 9.84 Å². The van der Waals surface area contributed by atoms with E-state index in [1.54, 1.807) is 42.5 Å². The van der Waals surface area contributed by atoms with E-state index in [2.05, 4.69) is 17.0 Å². The van der Waals surface area contributed by atoms with Crippen molar-refractivity contribution >= 4 is 57.3 Å². The number of likely N-dealkylation sites (tertiary alicyclic amines) is 3. The average Bonchev–Trinajstić information content (AvgIpc) is 3.56. The van der Waals surface area contributed by atoms with Crippen LogP contribution in [0.3, 0.4) is 0 Å². The summed E-state index contributed by atoms with van der Waals surface area (Å²) < 4.78 is 23.6. The molecule has 0 bridgehead atoms. The number of sulfone groups is 1. The lowest BCUT2D eigenvalue weighted by Gasteiger charge is -2.39. The van der Waals surface area contributed by atoms with Crippen molar-refractivity contribution in [1.29, 1.82) is 0 Å². The van der Waals surface area contributed by atoms with E-state index in [0.717, 1.165) is 44.5 Å². The summed E-state index contributed by atoms with van der Waals surface area (Å²) in [4.78, 5) is 33.8. The zero-order valence-corrected chi connectivity index (χ0v) is 28.3. The van der Waals surface area contributed by atoms with Gasteiger partial charge in [-0.1, -0.05) is 71.7 Å². The first kappa shape index (κ1) is 33.7. The van der Waals surface area contributed by atoms with Gasteiger partial charge in [0.05, 0.1) is 25.9 Å². The summed E-state index contributed by atoms with van der Waals surface area (Å²) in [6.45, 7) is 4.95. The lowest BCUT2D eigenvalue weighted by Crippen LogP contribution is -2.46. The Kier molecular flexibility index (Phi) is 10.2. The molecule has 0 unspecified atom stereocenters. The molecule has 0 N–H and O–H groups in total. The molecule has 3 aromatic carbocycles. The van der Waals surface area contributed by atoms with Gasteiger partial charge in [0.1, 0.15) is 0 Å². The van der Waals surface area contributed by atoms with Crippen LogP contribution in [0.15, 0.2) is 77.7 Å². The van der Waals surface area contributed by atoms with Crippen LogP contribution < -0.4 is 0 Å². The highest BCUT2D eigenvalue weighted by Crippen LogP contribution is 2.43. The number of halogens is 3. The highest BCUT2D eigenvalue weighted by atomic mass is 35.5. The molecule has 7 nitrogen and oxygen atoms in total. The third-order valence-corrected chi connectivity index (χ3v) is 11.5. The van der Waals surface area contributed by atoms with E-state index in [4.69, 9.17) is 23.2 Å². The Morgan fingerprint density at radius 3 is 2.11 bits per heavy atom. The molecule has 3 fully saturated rings.